The van der Waals surface area contributed by atoms with E-state index in [9.17, 15) is 13.2 Å². The van der Waals surface area contributed by atoms with E-state index in [4.69, 9.17) is 0 Å². The maximum Gasteiger partial charge on any atom is 0.242 e. The van der Waals surface area contributed by atoms with Crippen molar-refractivity contribution in [2.45, 2.75) is 17.0 Å². The van der Waals surface area contributed by atoms with Crippen LogP contribution < -0.4 is 5.32 Å². The summed E-state index contributed by atoms with van der Waals surface area (Å²) in [6.07, 6.45) is 1.55. The SMILES string of the molecule is Cc1ccc(NC(=O)CSc2nncn2C)cc1S(=O)(=O)N(C)C. The van der Waals surface area contributed by atoms with Crippen molar-refractivity contribution in [3.63, 3.8) is 0 Å². The van der Waals surface area contributed by atoms with Gasteiger partial charge in [-0.05, 0) is 24.6 Å². The molecular formula is C14H19N5O3S2. The standard InChI is InChI=1S/C14H19N5O3S2/c1-10-5-6-11(7-12(10)24(21,22)18(2)3)16-13(20)8-23-14-17-15-9-19(14)4/h5-7,9H,8H2,1-4H3,(H,16,20). The van der Waals surface area contributed by atoms with Crippen LogP contribution in [0.25, 0.3) is 0 Å². The van der Waals surface area contributed by atoms with E-state index in [2.05, 4.69) is 15.5 Å². The van der Waals surface area contributed by atoms with Gasteiger partial charge in [0.05, 0.1) is 10.6 Å². The summed E-state index contributed by atoms with van der Waals surface area (Å²) in [5.41, 5.74) is 1.06. The first kappa shape index (κ1) is 18.4. The van der Waals surface area contributed by atoms with Gasteiger partial charge < -0.3 is 9.88 Å². The quantitative estimate of drug-likeness (QED) is 0.766. The number of rotatable bonds is 6. The number of aryl methyl sites for hydroxylation is 2. The molecule has 8 nitrogen and oxygen atoms in total. The highest BCUT2D eigenvalue weighted by molar-refractivity contribution is 7.99. The number of hydrogen-bond acceptors (Lipinski definition) is 6. The van der Waals surface area contributed by atoms with Crippen LogP contribution in [0.2, 0.25) is 0 Å². The summed E-state index contributed by atoms with van der Waals surface area (Å²) in [5.74, 6) is -0.101. The number of hydrogen-bond donors (Lipinski definition) is 1. The Hall–Kier alpha value is -1.91. The molecule has 2 aromatic rings. The normalized spacial score (nSPS) is 11.7. The Labute approximate surface area is 145 Å². The Balaban J connectivity index is 2.10. The number of benzene rings is 1. The van der Waals surface area contributed by atoms with Gasteiger partial charge in [0.1, 0.15) is 6.33 Å². The Bertz CT molecular complexity index is 846. The predicted octanol–water partition coefficient (Wildman–Crippen LogP) is 1.10. The Morgan fingerprint density at radius 1 is 1.38 bits per heavy atom. The molecule has 1 N–H and O–H groups in total. The van der Waals surface area contributed by atoms with Crippen molar-refractivity contribution in [3.05, 3.63) is 30.1 Å². The van der Waals surface area contributed by atoms with Gasteiger partial charge >= 0.3 is 0 Å². The summed E-state index contributed by atoms with van der Waals surface area (Å²) in [4.78, 5) is 12.2. The van der Waals surface area contributed by atoms with Crippen LogP contribution in [0.15, 0.2) is 34.6 Å². The van der Waals surface area contributed by atoms with Crippen LogP contribution in [0.3, 0.4) is 0 Å². The molecule has 0 aliphatic rings. The first-order valence-electron chi connectivity index (χ1n) is 7.01. The van der Waals surface area contributed by atoms with Gasteiger partial charge in [-0.3, -0.25) is 4.79 Å². The number of nitrogens with one attached hydrogen (secondary N) is 1. The summed E-state index contributed by atoms with van der Waals surface area (Å²) >= 11 is 1.25. The van der Waals surface area contributed by atoms with Crippen LogP contribution in [0.5, 0.6) is 0 Å². The maximum absolute atomic E-state index is 12.3. The second-order valence-corrected chi connectivity index (χ2v) is 8.39. The fourth-order valence-electron chi connectivity index (χ4n) is 1.88. The molecule has 0 radical (unpaired) electrons. The van der Waals surface area contributed by atoms with Crippen molar-refractivity contribution in [3.8, 4) is 0 Å². The molecule has 10 heteroatoms. The van der Waals surface area contributed by atoms with E-state index in [1.807, 2.05) is 0 Å². The zero-order chi connectivity index (χ0) is 17.9. The Kier molecular flexibility index (Phi) is 5.62. The molecule has 0 spiro atoms. The number of aromatic nitrogens is 3. The van der Waals surface area contributed by atoms with Crippen molar-refractivity contribution in [2.24, 2.45) is 7.05 Å². The van der Waals surface area contributed by atoms with Crippen molar-refractivity contribution in [1.29, 1.82) is 0 Å². The minimum Gasteiger partial charge on any atom is -0.325 e. The van der Waals surface area contributed by atoms with Crippen molar-refractivity contribution in [1.82, 2.24) is 19.1 Å². The second kappa shape index (κ2) is 7.32. The number of nitrogens with zero attached hydrogens (tertiary/aromatic N) is 4. The van der Waals surface area contributed by atoms with Gasteiger partial charge in [0.15, 0.2) is 5.16 Å². The highest BCUT2D eigenvalue weighted by Gasteiger charge is 2.20. The average molecular weight is 369 g/mol. The Morgan fingerprint density at radius 3 is 2.67 bits per heavy atom. The van der Waals surface area contributed by atoms with Gasteiger partial charge in [0, 0.05) is 26.8 Å². The monoisotopic (exact) mass is 369 g/mol. The molecule has 2 rings (SSSR count). The summed E-state index contributed by atoms with van der Waals surface area (Å²) in [5, 5.41) is 11.0. The number of thioether (sulfide) groups is 1. The van der Waals surface area contributed by atoms with Crippen molar-refractivity contribution >= 4 is 33.4 Å². The van der Waals surface area contributed by atoms with Gasteiger partial charge in [-0.2, -0.15) is 0 Å². The number of amides is 1. The smallest absolute Gasteiger partial charge is 0.242 e. The summed E-state index contributed by atoms with van der Waals surface area (Å²) in [6, 6.07) is 4.81. The zero-order valence-electron chi connectivity index (χ0n) is 13.8. The lowest BCUT2D eigenvalue weighted by Crippen LogP contribution is -2.23. The van der Waals surface area contributed by atoms with Crippen molar-refractivity contribution in [2.75, 3.05) is 25.2 Å². The van der Waals surface area contributed by atoms with Crippen LogP contribution >= 0.6 is 11.8 Å². The van der Waals surface area contributed by atoms with Gasteiger partial charge in [-0.15, -0.1) is 10.2 Å². The number of carbonyl (C=O) groups is 1. The minimum atomic E-state index is -3.56. The number of carbonyl (C=O) groups excluding carboxylic acids is 1. The molecule has 0 unspecified atom stereocenters. The number of sulfonamides is 1. The molecule has 0 aliphatic carbocycles. The molecule has 0 atom stereocenters. The van der Waals surface area contributed by atoms with E-state index < -0.39 is 10.0 Å². The Morgan fingerprint density at radius 2 is 2.08 bits per heavy atom. The molecule has 0 saturated heterocycles. The summed E-state index contributed by atoms with van der Waals surface area (Å²) in [6.45, 7) is 1.71. The lowest BCUT2D eigenvalue weighted by atomic mass is 10.2. The lowest BCUT2D eigenvalue weighted by Gasteiger charge is -2.15. The highest BCUT2D eigenvalue weighted by atomic mass is 32.2. The van der Waals surface area contributed by atoms with Gasteiger partial charge in [0.25, 0.3) is 0 Å². The number of anilines is 1. The molecule has 0 saturated carbocycles. The molecule has 1 aromatic heterocycles. The third-order valence-corrected chi connectivity index (χ3v) is 6.22. The van der Waals surface area contributed by atoms with Gasteiger partial charge in [-0.25, -0.2) is 12.7 Å². The van der Waals surface area contributed by atoms with Gasteiger partial charge in [0.2, 0.25) is 15.9 Å². The van der Waals surface area contributed by atoms with E-state index in [-0.39, 0.29) is 16.6 Å². The highest BCUT2D eigenvalue weighted by Crippen LogP contribution is 2.23. The van der Waals surface area contributed by atoms with E-state index in [0.29, 0.717) is 16.4 Å². The molecule has 1 amide bonds. The van der Waals surface area contributed by atoms with Crippen LogP contribution in [0, 0.1) is 6.92 Å². The first-order chi connectivity index (χ1) is 11.2. The minimum absolute atomic E-state index is 0.149. The molecule has 24 heavy (non-hydrogen) atoms. The van der Waals surface area contributed by atoms with E-state index in [1.54, 1.807) is 37.0 Å². The van der Waals surface area contributed by atoms with Crippen molar-refractivity contribution < 1.29 is 13.2 Å². The van der Waals surface area contributed by atoms with E-state index in [1.165, 1.54) is 31.9 Å². The van der Waals surface area contributed by atoms with E-state index >= 15 is 0 Å². The summed E-state index contributed by atoms with van der Waals surface area (Å²) in [7, 11) is 1.17. The molecule has 0 bridgehead atoms. The largest absolute Gasteiger partial charge is 0.325 e. The van der Waals surface area contributed by atoms with Crippen LogP contribution in [0.4, 0.5) is 5.69 Å². The van der Waals surface area contributed by atoms with Crippen LogP contribution in [-0.4, -0.2) is 53.2 Å². The third-order valence-electron chi connectivity index (χ3n) is 3.23. The molecule has 0 fully saturated rings. The van der Waals surface area contributed by atoms with Crippen LogP contribution in [-0.2, 0) is 21.9 Å². The fraction of sp³-hybridized carbons (Fsp3) is 0.357. The average Bonchev–Trinajstić information content (AvgIpc) is 2.92. The topological polar surface area (TPSA) is 97.2 Å². The van der Waals surface area contributed by atoms with Crippen LogP contribution in [0.1, 0.15) is 5.56 Å². The fourth-order valence-corrected chi connectivity index (χ4v) is 3.72. The maximum atomic E-state index is 12.3. The molecule has 1 heterocycles. The molecule has 1 aromatic carbocycles. The molecule has 130 valence electrons. The molecule has 0 aliphatic heterocycles. The predicted molar refractivity (Wildman–Crippen MR) is 92.4 cm³/mol. The molecular weight excluding hydrogens is 350 g/mol. The lowest BCUT2D eigenvalue weighted by molar-refractivity contribution is -0.113. The zero-order valence-corrected chi connectivity index (χ0v) is 15.5. The second-order valence-electron chi connectivity index (χ2n) is 5.33. The van der Waals surface area contributed by atoms with E-state index in [0.717, 1.165) is 4.31 Å². The van der Waals surface area contributed by atoms with Gasteiger partial charge in [-0.1, -0.05) is 17.8 Å². The summed E-state index contributed by atoms with van der Waals surface area (Å²) < 4.78 is 27.5. The first-order valence-corrected chi connectivity index (χ1v) is 9.44. The third kappa shape index (κ3) is 4.13.